The quantitative estimate of drug-likeness (QED) is 0.807. The number of benzene rings is 1. The minimum atomic E-state index is 0.586. The maximum atomic E-state index is 4.00. The van der Waals surface area contributed by atoms with Crippen molar-refractivity contribution in [3.63, 3.8) is 0 Å². The number of hydrogen-bond donors (Lipinski definition) is 1. The molecule has 0 saturated carbocycles. The highest BCUT2D eigenvalue weighted by Gasteiger charge is 2.39. The van der Waals surface area contributed by atoms with Crippen LogP contribution in [0.2, 0.25) is 0 Å². The number of fused-ring (bicyclic) bond motifs is 4. The maximum Gasteiger partial charge on any atom is 0.0501 e. The first kappa shape index (κ1) is 11.3. The molecule has 3 saturated heterocycles. The summed E-state index contributed by atoms with van der Waals surface area (Å²) in [7, 11) is 0. The van der Waals surface area contributed by atoms with Crippen LogP contribution < -0.4 is 0 Å². The second-order valence-electron chi connectivity index (χ2n) is 6.01. The van der Waals surface area contributed by atoms with E-state index < -0.39 is 0 Å². The number of aromatic nitrogens is 1. The van der Waals surface area contributed by atoms with Gasteiger partial charge in [-0.05, 0) is 48.7 Å². The van der Waals surface area contributed by atoms with Crippen molar-refractivity contribution < 1.29 is 0 Å². The Balaban J connectivity index is 1.68. The topological polar surface area (TPSA) is 19.0 Å². The highest BCUT2D eigenvalue weighted by Crippen LogP contribution is 2.43. The Bertz CT molecular complexity index is 580. The molecule has 4 heterocycles. The van der Waals surface area contributed by atoms with Gasteiger partial charge in [0.15, 0.2) is 0 Å². The molecule has 3 aliphatic rings. The fourth-order valence-corrected chi connectivity index (χ4v) is 3.93. The molecule has 0 amide bonds. The number of nitrogens with zero attached hydrogens (tertiary/aromatic N) is 1. The van der Waals surface area contributed by atoms with Crippen LogP contribution in [0.15, 0.2) is 43.0 Å². The van der Waals surface area contributed by atoms with E-state index in [1.807, 2.05) is 0 Å². The van der Waals surface area contributed by atoms with Crippen molar-refractivity contribution in [2.24, 2.45) is 11.8 Å². The minimum absolute atomic E-state index is 0.586. The number of H-pyrrole nitrogens is 1. The summed E-state index contributed by atoms with van der Waals surface area (Å²) in [6.45, 7) is 6.43. The lowest BCUT2D eigenvalue weighted by molar-refractivity contribution is 0.0167. The van der Waals surface area contributed by atoms with Crippen LogP contribution >= 0.6 is 0 Å². The molecule has 0 aliphatic carbocycles. The Morgan fingerprint density at radius 3 is 2.95 bits per heavy atom. The maximum absolute atomic E-state index is 4.00. The van der Waals surface area contributed by atoms with Gasteiger partial charge in [-0.15, -0.1) is 6.58 Å². The fraction of sp³-hybridized carbons (Fsp3) is 0.412. The van der Waals surface area contributed by atoms with Gasteiger partial charge in [0, 0.05) is 17.8 Å². The standard InChI is InChI=1S/C17H20N2/c1-2-12-11-19-8-7-13(12)10-17(19)16-9-14-5-3-4-6-15(14)18-16/h2-6,9,12-13,17-18H,1,7-8,10-11H2/t12-,13-,17+/m1/s1. The van der Waals surface area contributed by atoms with Gasteiger partial charge in [0.1, 0.15) is 0 Å². The Morgan fingerprint density at radius 1 is 1.32 bits per heavy atom. The van der Waals surface area contributed by atoms with Gasteiger partial charge in [-0.25, -0.2) is 0 Å². The van der Waals surface area contributed by atoms with Crippen molar-refractivity contribution in [1.82, 2.24) is 9.88 Å². The van der Waals surface area contributed by atoms with Crippen molar-refractivity contribution in [2.45, 2.75) is 18.9 Å². The van der Waals surface area contributed by atoms with Gasteiger partial charge in [0.25, 0.3) is 0 Å². The number of aromatic amines is 1. The molecule has 0 spiro atoms. The Labute approximate surface area is 114 Å². The number of nitrogens with one attached hydrogen (secondary N) is 1. The van der Waals surface area contributed by atoms with E-state index >= 15 is 0 Å². The van der Waals surface area contributed by atoms with Crippen LogP contribution in [0.25, 0.3) is 10.9 Å². The summed E-state index contributed by atoms with van der Waals surface area (Å²) in [6, 6.07) is 11.5. The van der Waals surface area contributed by atoms with Gasteiger partial charge in [0.05, 0.1) is 6.04 Å². The third-order valence-electron chi connectivity index (χ3n) is 5.02. The first-order valence-corrected chi connectivity index (χ1v) is 7.29. The minimum Gasteiger partial charge on any atom is -0.357 e. The predicted molar refractivity (Wildman–Crippen MR) is 79.0 cm³/mol. The molecule has 1 aromatic heterocycles. The largest absolute Gasteiger partial charge is 0.357 e. The monoisotopic (exact) mass is 252 g/mol. The molecule has 19 heavy (non-hydrogen) atoms. The van der Waals surface area contributed by atoms with E-state index in [1.54, 1.807) is 0 Å². The van der Waals surface area contributed by atoms with Crippen molar-refractivity contribution in [2.75, 3.05) is 13.1 Å². The lowest BCUT2D eigenvalue weighted by Gasteiger charge is -2.48. The van der Waals surface area contributed by atoms with Gasteiger partial charge < -0.3 is 4.98 Å². The SMILES string of the molecule is C=C[C@@H]1CN2CC[C@@H]1C[C@H]2c1cc2ccccc2[nH]1. The average Bonchev–Trinajstić information content (AvgIpc) is 2.91. The summed E-state index contributed by atoms with van der Waals surface area (Å²) in [5.74, 6) is 1.54. The molecule has 4 atom stereocenters. The molecule has 1 N–H and O–H groups in total. The van der Waals surface area contributed by atoms with Gasteiger partial charge in [-0.2, -0.15) is 0 Å². The van der Waals surface area contributed by atoms with Gasteiger partial charge >= 0.3 is 0 Å². The van der Waals surface area contributed by atoms with Crippen molar-refractivity contribution in [1.29, 1.82) is 0 Å². The first-order chi connectivity index (χ1) is 9.35. The van der Waals surface area contributed by atoms with Crippen LogP contribution in [0.3, 0.4) is 0 Å². The van der Waals surface area contributed by atoms with Gasteiger partial charge in [0.2, 0.25) is 0 Å². The Hall–Kier alpha value is -1.54. The third kappa shape index (κ3) is 1.74. The zero-order valence-corrected chi connectivity index (χ0v) is 11.2. The summed E-state index contributed by atoms with van der Waals surface area (Å²) >= 11 is 0. The van der Waals surface area contributed by atoms with Crippen LogP contribution in [0.5, 0.6) is 0 Å². The lowest BCUT2D eigenvalue weighted by Crippen LogP contribution is -2.48. The van der Waals surface area contributed by atoms with Gasteiger partial charge in [-0.3, -0.25) is 4.90 Å². The highest BCUT2D eigenvalue weighted by molar-refractivity contribution is 5.80. The van der Waals surface area contributed by atoms with E-state index in [9.17, 15) is 0 Å². The summed E-state index contributed by atoms with van der Waals surface area (Å²) < 4.78 is 0. The molecule has 2 bridgehead atoms. The lowest BCUT2D eigenvalue weighted by atomic mass is 9.75. The van der Waals surface area contributed by atoms with E-state index in [0.717, 1.165) is 5.92 Å². The van der Waals surface area contributed by atoms with Crippen LogP contribution in [-0.4, -0.2) is 23.0 Å². The van der Waals surface area contributed by atoms with Crippen LogP contribution in [0.4, 0.5) is 0 Å². The summed E-state index contributed by atoms with van der Waals surface area (Å²) in [5, 5.41) is 1.33. The summed E-state index contributed by atoms with van der Waals surface area (Å²) in [6.07, 6.45) is 4.79. The number of para-hydroxylation sites is 1. The molecule has 2 nitrogen and oxygen atoms in total. The Kier molecular flexibility index (Phi) is 2.52. The molecule has 2 heteroatoms. The van der Waals surface area contributed by atoms with Crippen LogP contribution in [0, 0.1) is 11.8 Å². The predicted octanol–water partition coefficient (Wildman–Crippen LogP) is 3.74. The molecule has 1 aromatic carbocycles. The summed E-state index contributed by atoms with van der Waals surface area (Å²) in [5.41, 5.74) is 2.66. The average molecular weight is 252 g/mol. The zero-order valence-electron chi connectivity index (χ0n) is 11.2. The van der Waals surface area contributed by atoms with Crippen molar-refractivity contribution in [3.05, 3.63) is 48.7 Å². The smallest absolute Gasteiger partial charge is 0.0501 e. The molecule has 0 radical (unpaired) electrons. The van der Waals surface area contributed by atoms with E-state index in [-0.39, 0.29) is 0 Å². The second kappa shape index (κ2) is 4.24. The van der Waals surface area contributed by atoms with E-state index in [1.165, 1.54) is 42.5 Å². The highest BCUT2D eigenvalue weighted by atomic mass is 15.2. The molecule has 98 valence electrons. The van der Waals surface area contributed by atoms with Crippen molar-refractivity contribution in [3.8, 4) is 0 Å². The number of hydrogen-bond acceptors (Lipinski definition) is 1. The van der Waals surface area contributed by atoms with E-state index in [0.29, 0.717) is 12.0 Å². The molecule has 2 aromatic rings. The van der Waals surface area contributed by atoms with E-state index in [2.05, 4.69) is 52.9 Å². The zero-order chi connectivity index (χ0) is 12.8. The van der Waals surface area contributed by atoms with Crippen molar-refractivity contribution >= 4 is 10.9 Å². The molecule has 5 rings (SSSR count). The second-order valence-corrected chi connectivity index (χ2v) is 6.01. The Morgan fingerprint density at radius 2 is 2.21 bits per heavy atom. The summed E-state index contributed by atoms with van der Waals surface area (Å²) in [4.78, 5) is 6.25. The fourth-order valence-electron chi connectivity index (χ4n) is 3.93. The molecule has 3 aliphatic heterocycles. The van der Waals surface area contributed by atoms with Gasteiger partial charge in [-0.1, -0.05) is 24.3 Å². The molecule has 3 fully saturated rings. The third-order valence-corrected chi connectivity index (χ3v) is 5.02. The van der Waals surface area contributed by atoms with E-state index in [4.69, 9.17) is 0 Å². The molecule has 1 unspecified atom stereocenters. The first-order valence-electron chi connectivity index (χ1n) is 7.29. The van der Waals surface area contributed by atoms with Crippen LogP contribution in [0.1, 0.15) is 24.6 Å². The van der Waals surface area contributed by atoms with Crippen LogP contribution in [-0.2, 0) is 0 Å². The number of piperidine rings is 3. The molecular formula is C17H20N2. The normalized spacial score (nSPS) is 33.7. The number of rotatable bonds is 2. The molecular weight excluding hydrogens is 232 g/mol.